The van der Waals surface area contributed by atoms with E-state index in [-0.39, 0.29) is 17.3 Å². The third-order valence-electron chi connectivity index (χ3n) is 5.48. The zero-order chi connectivity index (χ0) is 22.7. The lowest BCUT2D eigenvalue weighted by Crippen LogP contribution is -2.22. The van der Waals surface area contributed by atoms with Crippen molar-refractivity contribution in [1.82, 2.24) is 30.2 Å². The molecule has 6 rings (SSSR count). The number of H-pyrrole nitrogens is 1. The predicted octanol–water partition coefficient (Wildman–Crippen LogP) is 3.21. The summed E-state index contributed by atoms with van der Waals surface area (Å²) in [4.78, 5) is 31.0. The smallest absolute Gasteiger partial charge is 0.326 e. The van der Waals surface area contributed by atoms with Crippen molar-refractivity contribution in [3.63, 3.8) is 0 Å². The van der Waals surface area contributed by atoms with Crippen LogP contribution < -0.4 is 20.7 Å². The largest absolute Gasteiger partial charge is 0.436 e. The molecule has 3 amide bonds. The van der Waals surface area contributed by atoms with Crippen LogP contribution in [-0.4, -0.2) is 37.6 Å². The van der Waals surface area contributed by atoms with E-state index in [0.29, 0.717) is 34.0 Å². The number of halogens is 1. The van der Waals surface area contributed by atoms with E-state index in [1.807, 2.05) is 6.92 Å². The number of nitrogens with one attached hydrogen (secondary N) is 4. The minimum atomic E-state index is -0.596. The van der Waals surface area contributed by atoms with Crippen LogP contribution in [0.3, 0.4) is 0 Å². The van der Waals surface area contributed by atoms with E-state index in [9.17, 15) is 9.59 Å². The summed E-state index contributed by atoms with van der Waals surface area (Å²) in [6.45, 7) is 1.86. The Morgan fingerprint density at radius 1 is 1.24 bits per heavy atom. The van der Waals surface area contributed by atoms with Crippen LogP contribution in [0.4, 0.5) is 15.0 Å². The molecule has 1 aliphatic carbocycles. The van der Waals surface area contributed by atoms with Gasteiger partial charge in [-0.15, -0.1) is 0 Å². The molecule has 0 radical (unpaired) electrons. The molecule has 1 aromatic carbocycles. The quantitative estimate of drug-likeness (QED) is 0.275. The van der Waals surface area contributed by atoms with Crippen LogP contribution in [0, 0.1) is 12.7 Å². The van der Waals surface area contributed by atoms with Gasteiger partial charge in [0.1, 0.15) is 11.5 Å². The second kappa shape index (κ2) is 7.05. The summed E-state index contributed by atoms with van der Waals surface area (Å²) in [5.74, 6) is -0.202. The lowest BCUT2D eigenvalue weighted by molar-refractivity contribution is -0.115. The molecule has 0 atom stereocenters. The number of nitrogens with zero attached hydrogens (tertiary/aromatic N) is 3. The van der Waals surface area contributed by atoms with Crippen LogP contribution in [0.2, 0.25) is 0 Å². The number of carbonyl (C=O) groups excluding carboxylic acids is 2. The number of hydrogen-bond donors (Lipinski definition) is 4. The Morgan fingerprint density at radius 3 is 2.85 bits per heavy atom. The molecule has 1 saturated heterocycles. The number of benzene rings is 1. The van der Waals surface area contributed by atoms with Crippen LogP contribution in [0.15, 0.2) is 36.2 Å². The van der Waals surface area contributed by atoms with E-state index in [2.05, 4.69) is 31.0 Å². The van der Waals surface area contributed by atoms with E-state index < -0.39 is 17.8 Å². The number of fused-ring (bicyclic) bond motifs is 2. The number of imide groups is 1. The van der Waals surface area contributed by atoms with Crippen molar-refractivity contribution in [2.24, 2.45) is 0 Å². The van der Waals surface area contributed by atoms with Gasteiger partial charge in [0.2, 0.25) is 5.88 Å². The maximum atomic E-state index is 15.1. The van der Waals surface area contributed by atoms with Crippen molar-refractivity contribution in [2.75, 3.05) is 5.32 Å². The molecule has 3 aromatic heterocycles. The lowest BCUT2D eigenvalue weighted by Gasteiger charge is -2.11. The molecular formula is C22H18FN7O3. The standard InChI is InChI=1S/C22H18FN7O3/c1-10-6-13-14(25-10)4-5-16(19(13)23)33-18-8-17(26-12-2-3-12)30-20(28-18)11(9-24-30)7-15-21(31)29-22(32)27-15/h4-9,12,25-26H,2-3H2,1H3,(H2,27,29,31,32)/b15-7-. The van der Waals surface area contributed by atoms with Crippen LogP contribution in [-0.2, 0) is 4.79 Å². The molecular weight excluding hydrogens is 429 g/mol. The van der Waals surface area contributed by atoms with Gasteiger partial charge in [0.15, 0.2) is 17.2 Å². The van der Waals surface area contributed by atoms with E-state index in [1.54, 1.807) is 28.8 Å². The Kier molecular flexibility index (Phi) is 4.12. The van der Waals surface area contributed by atoms with Gasteiger partial charge in [0, 0.05) is 34.3 Å². The number of carbonyl (C=O) groups is 2. The minimum absolute atomic E-state index is 0.0394. The molecule has 10 nitrogen and oxygen atoms in total. The van der Waals surface area contributed by atoms with Gasteiger partial charge in [-0.3, -0.25) is 10.1 Å². The third kappa shape index (κ3) is 3.43. The Labute approximate surface area is 185 Å². The average molecular weight is 447 g/mol. The second-order valence-electron chi connectivity index (χ2n) is 8.09. The molecule has 166 valence electrons. The highest BCUT2D eigenvalue weighted by molar-refractivity contribution is 6.14. The zero-order valence-corrected chi connectivity index (χ0v) is 17.4. The van der Waals surface area contributed by atoms with Crippen LogP contribution in [0.1, 0.15) is 24.1 Å². The Bertz CT molecular complexity index is 1500. The Balaban J connectivity index is 1.44. The first-order valence-electron chi connectivity index (χ1n) is 10.4. The predicted molar refractivity (Wildman–Crippen MR) is 117 cm³/mol. The van der Waals surface area contributed by atoms with Gasteiger partial charge < -0.3 is 20.4 Å². The lowest BCUT2D eigenvalue weighted by atomic mass is 10.2. The van der Waals surface area contributed by atoms with Crippen molar-refractivity contribution >= 4 is 40.4 Å². The molecule has 1 aliphatic heterocycles. The molecule has 4 aromatic rings. The molecule has 33 heavy (non-hydrogen) atoms. The molecule has 4 heterocycles. The summed E-state index contributed by atoms with van der Waals surface area (Å²) in [7, 11) is 0. The number of aromatic amines is 1. The number of urea groups is 1. The highest BCUT2D eigenvalue weighted by Crippen LogP contribution is 2.33. The van der Waals surface area contributed by atoms with Crippen molar-refractivity contribution in [3.05, 3.63) is 53.2 Å². The number of hydrogen-bond acceptors (Lipinski definition) is 6. The topological polar surface area (TPSA) is 125 Å². The molecule has 11 heteroatoms. The van der Waals surface area contributed by atoms with Gasteiger partial charge in [-0.05, 0) is 44.0 Å². The maximum Gasteiger partial charge on any atom is 0.326 e. The highest BCUT2D eigenvalue weighted by atomic mass is 19.1. The first-order valence-corrected chi connectivity index (χ1v) is 10.4. The van der Waals surface area contributed by atoms with Crippen molar-refractivity contribution in [3.8, 4) is 11.6 Å². The summed E-state index contributed by atoms with van der Waals surface area (Å²) in [6.07, 6.45) is 5.07. The van der Waals surface area contributed by atoms with Crippen LogP contribution >= 0.6 is 0 Å². The number of anilines is 1. The average Bonchev–Trinajstić information content (AvgIpc) is 3.22. The molecule has 4 N–H and O–H groups in total. The fourth-order valence-corrected chi connectivity index (χ4v) is 3.77. The van der Waals surface area contributed by atoms with Gasteiger partial charge in [-0.1, -0.05) is 0 Å². The van der Waals surface area contributed by atoms with Gasteiger partial charge in [-0.2, -0.15) is 14.6 Å². The Morgan fingerprint density at radius 2 is 2.09 bits per heavy atom. The fourth-order valence-electron chi connectivity index (χ4n) is 3.77. The molecule has 2 aliphatic rings. The monoisotopic (exact) mass is 447 g/mol. The summed E-state index contributed by atoms with van der Waals surface area (Å²) in [5.41, 5.74) is 2.48. The van der Waals surface area contributed by atoms with E-state index in [4.69, 9.17) is 4.74 Å². The van der Waals surface area contributed by atoms with Crippen molar-refractivity contribution < 1.29 is 18.7 Å². The summed E-state index contributed by atoms with van der Waals surface area (Å²) < 4.78 is 22.5. The number of aromatic nitrogens is 4. The van der Waals surface area contributed by atoms with E-state index >= 15 is 4.39 Å². The summed E-state index contributed by atoms with van der Waals surface area (Å²) >= 11 is 0. The number of aryl methyl sites for hydroxylation is 1. The molecule has 2 fully saturated rings. The molecule has 1 saturated carbocycles. The number of amides is 3. The third-order valence-corrected chi connectivity index (χ3v) is 5.48. The zero-order valence-electron chi connectivity index (χ0n) is 17.4. The normalized spacial score (nSPS) is 17.1. The van der Waals surface area contributed by atoms with Crippen LogP contribution in [0.5, 0.6) is 11.6 Å². The first kappa shape index (κ1) is 19.3. The number of rotatable bonds is 5. The van der Waals surface area contributed by atoms with Gasteiger partial charge in [0.25, 0.3) is 5.91 Å². The number of ether oxygens (including phenoxy) is 1. The van der Waals surface area contributed by atoms with Crippen LogP contribution in [0.25, 0.3) is 22.6 Å². The molecule has 0 bridgehead atoms. The fraction of sp³-hybridized carbons (Fsp3) is 0.182. The van der Waals surface area contributed by atoms with Gasteiger partial charge >= 0.3 is 6.03 Å². The van der Waals surface area contributed by atoms with E-state index in [0.717, 1.165) is 18.5 Å². The molecule has 0 unspecified atom stereocenters. The van der Waals surface area contributed by atoms with E-state index in [1.165, 1.54) is 12.3 Å². The molecule has 0 spiro atoms. The summed E-state index contributed by atoms with van der Waals surface area (Å²) in [6, 6.07) is 6.39. The van der Waals surface area contributed by atoms with Crippen molar-refractivity contribution in [1.29, 1.82) is 0 Å². The first-order chi connectivity index (χ1) is 15.9. The maximum absolute atomic E-state index is 15.1. The minimum Gasteiger partial charge on any atom is -0.436 e. The van der Waals surface area contributed by atoms with Gasteiger partial charge in [0.05, 0.1) is 6.20 Å². The highest BCUT2D eigenvalue weighted by Gasteiger charge is 2.26. The van der Waals surface area contributed by atoms with Crippen molar-refractivity contribution in [2.45, 2.75) is 25.8 Å². The Hall–Kier alpha value is -4.41. The summed E-state index contributed by atoms with van der Waals surface area (Å²) in [5, 5.41) is 12.8. The SMILES string of the molecule is Cc1cc2c(F)c(Oc3cc(NC4CC4)n4ncc(/C=C5\NC(=O)NC5=O)c4n3)ccc2[nH]1. The van der Waals surface area contributed by atoms with Gasteiger partial charge in [-0.25, -0.2) is 9.18 Å². The second-order valence-corrected chi connectivity index (χ2v) is 8.09.